The maximum atomic E-state index is 9.82. The maximum absolute atomic E-state index is 9.82. The van der Waals surface area contributed by atoms with Gasteiger partial charge in [0.2, 0.25) is 0 Å². The van der Waals surface area contributed by atoms with Crippen molar-refractivity contribution in [1.29, 1.82) is 5.26 Å². The molecule has 0 saturated heterocycles. The Morgan fingerprint density at radius 3 is 2.06 bits per heavy atom. The molecule has 0 aliphatic rings. The molecular formula is C43H37IrN3O-2. The fourth-order valence-corrected chi connectivity index (χ4v) is 5.71. The van der Waals surface area contributed by atoms with Crippen molar-refractivity contribution in [3.63, 3.8) is 0 Å². The maximum Gasteiger partial charge on any atom is 0.130 e. The van der Waals surface area contributed by atoms with Crippen LogP contribution >= 0.6 is 0 Å². The summed E-state index contributed by atoms with van der Waals surface area (Å²) in [6.07, 6.45) is 3.73. The first-order valence-electron chi connectivity index (χ1n) is 15.8. The van der Waals surface area contributed by atoms with Gasteiger partial charge in [-0.15, -0.1) is 53.6 Å². The van der Waals surface area contributed by atoms with E-state index < -0.39 is 0 Å². The van der Waals surface area contributed by atoms with Crippen LogP contribution in [0.5, 0.6) is 0 Å². The van der Waals surface area contributed by atoms with E-state index >= 15 is 0 Å². The monoisotopic (exact) mass is 804 g/mol. The fraction of sp³-hybridized carbons (Fsp3) is 0.186. The third kappa shape index (κ3) is 7.02. The van der Waals surface area contributed by atoms with Crippen LogP contribution in [0.4, 0.5) is 0 Å². The molecule has 0 bridgehead atoms. The van der Waals surface area contributed by atoms with Gasteiger partial charge in [-0.3, -0.25) is 0 Å². The molecule has 5 heteroatoms. The number of aromatic nitrogens is 2. The zero-order chi connectivity index (χ0) is 33.2. The summed E-state index contributed by atoms with van der Waals surface area (Å²) in [7, 11) is 0. The zero-order valence-electron chi connectivity index (χ0n) is 28.1. The second-order valence-corrected chi connectivity index (χ2v) is 13.6. The van der Waals surface area contributed by atoms with Crippen LogP contribution in [-0.2, 0) is 30.9 Å². The minimum absolute atomic E-state index is 0. The number of pyridine rings is 2. The van der Waals surface area contributed by atoms with E-state index in [1.54, 1.807) is 6.20 Å². The first kappa shape index (κ1) is 34.5. The molecule has 4 nitrogen and oxygen atoms in total. The summed E-state index contributed by atoms with van der Waals surface area (Å²) in [6.45, 7) is 13.2. The SMILES string of the molecule is CC(C)(C)c1c[c-]c(-c2ccccn2)c2oc3c(-c4ccccc4)c(C#N)ccc3c12.CC(C)(C)c1ccc(-c2[c-]cccc2)nc1.[Ir]. The van der Waals surface area contributed by atoms with E-state index in [1.165, 1.54) is 5.56 Å². The van der Waals surface area contributed by atoms with E-state index in [2.05, 4.69) is 87.9 Å². The molecule has 0 atom stereocenters. The van der Waals surface area contributed by atoms with Crippen molar-refractivity contribution in [1.82, 2.24) is 9.97 Å². The Balaban J connectivity index is 0.000000224. The molecule has 0 unspecified atom stereocenters. The predicted molar refractivity (Wildman–Crippen MR) is 192 cm³/mol. The Kier molecular flexibility index (Phi) is 10.1. The van der Waals surface area contributed by atoms with Crippen molar-refractivity contribution in [2.75, 3.05) is 0 Å². The predicted octanol–water partition coefficient (Wildman–Crippen LogP) is 11.1. The van der Waals surface area contributed by atoms with Crippen LogP contribution in [0.25, 0.3) is 55.6 Å². The molecule has 0 amide bonds. The van der Waals surface area contributed by atoms with E-state index in [4.69, 9.17) is 4.42 Å². The van der Waals surface area contributed by atoms with Crippen LogP contribution in [0.2, 0.25) is 0 Å². The Morgan fingerprint density at radius 1 is 0.708 bits per heavy atom. The molecule has 3 heterocycles. The number of hydrogen-bond acceptors (Lipinski definition) is 4. The van der Waals surface area contributed by atoms with Gasteiger partial charge in [0.15, 0.2) is 0 Å². The van der Waals surface area contributed by atoms with Gasteiger partial charge in [0, 0.05) is 43.4 Å². The smallest absolute Gasteiger partial charge is 0.130 e. The summed E-state index contributed by atoms with van der Waals surface area (Å²) in [5.41, 5.74) is 10.0. The van der Waals surface area contributed by atoms with E-state index in [-0.39, 0.29) is 30.9 Å². The van der Waals surface area contributed by atoms with Gasteiger partial charge < -0.3 is 14.4 Å². The molecule has 241 valence electrons. The quantitative estimate of drug-likeness (QED) is 0.167. The summed E-state index contributed by atoms with van der Waals surface area (Å²) in [4.78, 5) is 9.02. The largest absolute Gasteiger partial charge is 0.500 e. The topological polar surface area (TPSA) is 62.7 Å². The standard InChI is InChI=1S/C28H21N2O.C15H16N.Ir/c1-28(2,3)22-15-14-20(23-11-7-8-16-30-23)26-25(22)21-13-12-19(17-29)24(27(21)31-26)18-9-5-4-6-10-18;1-15(2,3)13-9-10-14(16-11-13)12-7-5-4-6-8-12;/h4-13,15-16H,1-3H3;4-7,9-11H,1-3H3;/q2*-1;. The summed E-state index contributed by atoms with van der Waals surface area (Å²) in [5.74, 6) is 0. The van der Waals surface area contributed by atoms with Crippen LogP contribution in [0.1, 0.15) is 58.2 Å². The molecule has 0 spiro atoms. The summed E-state index contributed by atoms with van der Waals surface area (Å²) in [6, 6.07) is 42.8. The van der Waals surface area contributed by atoms with Gasteiger partial charge in [-0.05, 0) is 45.5 Å². The minimum Gasteiger partial charge on any atom is -0.500 e. The number of nitriles is 1. The molecule has 0 N–H and O–H groups in total. The number of hydrogen-bond donors (Lipinski definition) is 0. The molecular weight excluding hydrogens is 767 g/mol. The second-order valence-electron chi connectivity index (χ2n) is 13.6. The number of furan rings is 1. The van der Waals surface area contributed by atoms with Crippen molar-refractivity contribution in [3.8, 4) is 39.7 Å². The second kappa shape index (κ2) is 14.1. The van der Waals surface area contributed by atoms with Gasteiger partial charge in [0.25, 0.3) is 0 Å². The molecule has 3 aromatic heterocycles. The molecule has 1 radical (unpaired) electrons. The number of nitrogens with zero attached hydrogens (tertiary/aromatic N) is 3. The van der Waals surface area contributed by atoms with Crippen molar-refractivity contribution >= 4 is 21.9 Å². The van der Waals surface area contributed by atoms with Crippen molar-refractivity contribution in [2.24, 2.45) is 0 Å². The molecule has 0 aliphatic heterocycles. The van der Waals surface area contributed by atoms with E-state index in [9.17, 15) is 5.26 Å². The van der Waals surface area contributed by atoms with Gasteiger partial charge >= 0.3 is 0 Å². The first-order chi connectivity index (χ1) is 22.6. The molecule has 4 aromatic carbocycles. The average Bonchev–Trinajstić information content (AvgIpc) is 3.47. The summed E-state index contributed by atoms with van der Waals surface area (Å²) in [5, 5.41) is 11.9. The van der Waals surface area contributed by atoms with Gasteiger partial charge in [0.05, 0.1) is 17.2 Å². The van der Waals surface area contributed by atoms with Gasteiger partial charge in [0.1, 0.15) is 5.58 Å². The van der Waals surface area contributed by atoms with Crippen LogP contribution < -0.4 is 0 Å². The van der Waals surface area contributed by atoms with Gasteiger partial charge in [-0.2, -0.15) is 5.26 Å². The van der Waals surface area contributed by atoms with Crippen LogP contribution in [-0.4, -0.2) is 9.97 Å². The Labute approximate surface area is 296 Å². The van der Waals surface area contributed by atoms with Gasteiger partial charge in [-0.25, -0.2) is 0 Å². The third-order valence-electron chi connectivity index (χ3n) is 8.24. The zero-order valence-corrected chi connectivity index (χ0v) is 30.4. The molecule has 0 saturated carbocycles. The molecule has 7 aromatic rings. The Bertz CT molecular complexity index is 2190. The fourth-order valence-electron chi connectivity index (χ4n) is 5.71. The first-order valence-corrected chi connectivity index (χ1v) is 15.8. The number of benzene rings is 4. The van der Waals surface area contributed by atoms with Crippen molar-refractivity contribution in [2.45, 2.75) is 52.4 Å². The van der Waals surface area contributed by atoms with Crippen LogP contribution in [0.3, 0.4) is 0 Å². The Hall–Kier alpha value is -4.88. The molecule has 0 aliphatic carbocycles. The average molecular weight is 804 g/mol. The minimum atomic E-state index is -0.102. The van der Waals surface area contributed by atoms with Gasteiger partial charge in [-0.1, -0.05) is 113 Å². The van der Waals surface area contributed by atoms with Crippen molar-refractivity contribution in [3.05, 3.63) is 144 Å². The molecule has 48 heavy (non-hydrogen) atoms. The number of fused-ring (bicyclic) bond motifs is 3. The normalized spacial score (nSPS) is 11.4. The van der Waals surface area contributed by atoms with Crippen molar-refractivity contribution < 1.29 is 24.5 Å². The van der Waals surface area contributed by atoms with E-state index in [0.717, 1.165) is 61.1 Å². The van der Waals surface area contributed by atoms with E-state index in [0.29, 0.717) is 5.56 Å². The van der Waals surface area contributed by atoms with Crippen LogP contribution in [0.15, 0.2) is 120 Å². The summed E-state index contributed by atoms with van der Waals surface area (Å²) < 4.78 is 6.58. The summed E-state index contributed by atoms with van der Waals surface area (Å²) >= 11 is 0. The number of rotatable bonds is 3. The molecule has 7 rings (SSSR count). The van der Waals surface area contributed by atoms with E-state index in [1.807, 2.05) is 91.1 Å². The third-order valence-corrected chi connectivity index (χ3v) is 8.24. The van der Waals surface area contributed by atoms with Crippen LogP contribution in [0, 0.1) is 23.5 Å². The Morgan fingerprint density at radius 2 is 1.46 bits per heavy atom. The molecule has 0 fully saturated rings.